The second kappa shape index (κ2) is 39.3. The first-order valence-electron chi connectivity index (χ1n) is 40.6. The van der Waals surface area contributed by atoms with Crippen LogP contribution < -0.4 is 20.9 Å². The van der Waals surface area contributed by atoms with Gasteiger partial charge in [0.2, 0.25) is 5.91 Å². The van der Waals surface area contributed by atoms with E-state index < -0.39 is 0 Å². The van der Waals surface area contributed by atoms with Crippen molar-refractivity contribution in [3.8, 4) is 22.7 Å². The third kappa shape index (κ3) is 19.4. The Morgan fingerprint density at radius 2 is 0.829 bits per heavy atom. The summed E-state index contributed by atoms with van der Waals surface area (Å²) in [5.41, 5.74) is 16.3. The molecule has 3 N–H and O–H groups in total. The number of nitrogens with zero attached hydrogens (tertiary/aromatic N) is 16. The Morgan fingerprint density at radius 3 is 1.25 bits per heavy atom. The van der Waals surface area contributed by atoms with Gasteiger partial charge in [0.15, 0.2) is 11.6 Å². The summed E-state index contributed by atoms with van der Waals surface area (Å²) >= 11 is 24.2. The Labute approximate surface area is 702 Å². The van der Waals surface area contributed by atoms with E-state index in [0.717, 1.165) is 207 Å². The Kier molecular flexibility index (Phi) is 27.9. The van der Waals surface area contributed by atoms with E-state index in [1.165, 1.54) is 34.7 Å². The molecule has 6 aliphatic rings. The normalized spacial score (nSPS) is 16.7. The number of halogens is 4. The smallest absolute Gasteiger partial charge is 0.319 e. The maximum Gasteiger partial charge on any atom is 0.319 e. The van der Waals surface area contributed by atoms with Crippen molar-refractivity contribution in [1.29, 1.82) is 0 Å². The second-order valence-electron chi connectivity index (χ2n) is 30.3. The highest BCUT2D eigenvalue weighted by atomic mass is 35.5. The minimum atomic E-state index is -0.0853. The standard InChI is InChI=1S/C25H29ClN4O.C22H24ClN5O2.C21H24ClN5O.C20H21ClN4O2.CH4/c26-20-5-7-21(8-6-20)30-18-23(22-9-12-27-17-24(22)30)19-10-15-29(16-11-19)25(31)28-13-3-1-2-4-14-28;23-17-1-3-18(4-2-17)28-20-15-24-8-5-19(20)21(25-28)26-9-6-16(7-10-26)22(29)27-11-13-30-14-12-27;22-16-1-3-17(4-2-16)27-14-19(18-5-9-24-13-20(18)27)15-6-11-26(12-7-15)21(28)25-10-8-23;1-2-27-20(26)14-8-11-24(12-9-14)19-17-7-10-22-13-18(17)25(23-19)16-5-3-15(21)4-6-16;/h5-9,12,17-19H,1-4,10-11,13-16H2;1-5,8,15-16H,6-7,9-14H2;1-5,9,13-15H,6-8,10-12,23H2,(H,25,28);3-7,10,13-14H,2,8-9,11-12H2,1H3;1H4. The second-order valence-corrected chi connectivity index (χ2v) is 32.0. The molecular formula is C89H102Cl4N18O6. The number of nitrogens with one attached hydrogen (secondary N) is 1. The Bertz CT molecular complexity index is 5310. The third-order valence-electron chi connectivity index (χ3n) is 23.2. The molecule has 6 aliphatic heterocycles. The quantitative estimate of drug-likeness (QED) is 0.102. The van der Waals surface area contributed by atoms with Gasteiger partial charge in [0.1, 0.15) is 0 Å². The van der Waals surface area contributed by atoms with Gasteiger partial charge in [-0.05, 0) is 215 Å². The average Bonchev–Trinajstić information content (AvgIpc) is 1.64. The summed E-state index contributed by atoms with van der Waals surface area (Å²) in [5, 5.41) is 20.1. The van der Waals surface area contributed by atoms with Crippen molar-refractivity contribution in [3.63, 3.8) is 0 Å². The summed E-state index contributed by atoms with van der Waals surface area (Å²) in [6.07, 6.45) is 31.2. The number of piperidine rings is 4. The fourth-order valence-electron chi connectivity index (χ4n) is 16.9. The van der Waals surface area contributed by atoms with E-state index in [-0.39, 0.29) is 43.2 Å². The number of carbonyl (C=O) groups is 4. The number of amides is 5. The lowest BCUT2D eigenvalue weighted by atomic mass is 9.89. The molecule has 12 aromatic rings. The zero-order valence-electron chi connectivity index (χ0n) is 65.3. The van der Waals surface area contributed by atoms with Gasteiger partial charge in [-0.2, -0.15) is 0 Å². The largest absolute Gasteiger partial charge is 0.466 e. The van der Waals surface area contributed by atoms with Gasteiger partial charge >= 0.3 is 18.0 Å². The van der Waals surface area contributed by atoms with E-state index in [4.69, 9.17) is 71.8 Å². The number of morpholine rings is 1. The summed E-state index contributed by atoms with van der Waals surface area (Å²) in [6.45, 7) is 14.1. The zero-order valence-corrected chi connectivity index (χ0v) is 68.4. The first-order chi connectivity index (χ1) is 56.7. The van der Waals surface area contributed by atoms with Gasteiger partial charge < -0.3 is 59.1 Å². The van der Waals surface area contributed by atoms with Gasteiger partial charge in [-0.3, -0.25) is 29.5 Å². The van der Waals surface area contributed by atoms with Crippen molar-refractivity contribution in [2.75, 3.05) is 121 Å². The van der Waals surface area contributed by atoms with E-state index in [1.54, 1.807) is 12.4 Å². The maximum absolute atomic E-state index is 13.0. The number of rotatable bonds is 13. The number of nitrogens with two attached hydrogens (primary N) is 1. The van der Waals surface area contributed by atoms with Crippen LogP contribution in [0.1, 0.15) is 114 Å². The summed E-state index contributed by atoms with van der Waals surface area (Å²) in [7, 11) is 0. The fourth-order valence-corrected chi connectivity index (χ4v) is 17.4. The van der Waals surface area contributed by atoms with Crippen LogP contribution in [0.5, 0.6) is 0 Å². The molecule has 0 saturated carbocycles. The number of ether oxygens (including phenoxy) is 2. The molecule has 612 valence electrons. The SMILES string of the molecule is C.CCOC(=O)C1CCN(c2nn(-c3ccc(Cl)cc3)c3cnccc23)CC1.NCCNC(=O)N1CCC(c2cn(-c3ccc(Cl)cc3)c3cnccc23)CC1.O=C(C1CCN(c2nn(-c3ccc(Cl)cc3)c3cnccc23)CC1)N1CCOCC1.O=C(N1CCCCCC1)N1CCC(c2cn(-c3ccc(Cl)cc3)c3cnccc23)CC1. The number of anilines is 2. The number of fused-ring (bicyclic) bond motifs is 4. The van der Waals surface area contributed by atoms with Crippen LogP contribution in [0.25, 0.3) is 66.4 Å². The zero-order chi connectivity index (χ0) is 80.0. The highest BCUT2D eigenvalue weighted by Crippen LogP contribution is 2.40. The third-order valence-corrected chi connectivity index (χ3v) is 24.2. The topological polar surface area (TPSA) is 241 Å². The molecule has 5 amide bonds. The molecule has 14 heterocycles. The van der Waals surface area contributed by atoms with Gasteiger partial charge in [-0.1, -0.05) is 66.7 Å². The lowest BCUT2D eigenvalue weighted by Gasteiger charge is -2.35. The van der Waals surface area contributed by atoms with Crippen LogP contribution in [0.3, 0.4) is 0 Å². The number of carbonyl (C=O) groups excluding carboxylic acids is 4. The molecule has 0 radical (unpaired) electrons. The molecule has 24 nitrogen and oxygen atoms in total. The molecule has 0 bridgehead atoms. The number of hydrogen-bond acceptors (Lipinski definition) is 15. The van der Waals surface area contributed by atoms with E-state index in [2.05, 4.69) is 78.5 Å². The van der Waals surface area contributed by atoms with Gasteiger partial charge in [0.05, 0.1) is 84.0 Å². The number of benzene rings is 4. The molecule has 4 aromatic carbocycles. The molecule has 8 aromatic heterocycles. The van der Waals surface area contributed by atoms with E-state index in [9.17, 15) is 19.2 Å². The molecular weight excluding hydrogens is 1560 g/mol. The summed E-state index contributed by atoms with van der Waals surface area (Å²) in [4.78, 5) is 79.8. The van der Waals surface area contributed by atoms with Crippen molar-refractivity contribution in [2.45, 2.75) is 103 Å². The highest BCUT2D eigenvalue weighted by Gasteiger charge is 2.34. The number of hydrogen-bond donors (Lipinski definition) is 2. The van der Waals surface area contributed by atoms with Gasteiger partial charge in [-0.25, -0.2) is 19.0 Å². The molecule has 28 heteroatoms. The molecule has 6 saturated heterocycles. The van der Waals surface area contributed by atoms with Crippen LogP contribution in [0.2, 0.25) is 20.1 Å². The van der Waals surface area contributed by atoms with Crippen molar-refractivity contribution in [3.05, 3.63) is 215 Å². The van der Waals surface area contributed by atoms with E-state index >= 15 is 0 Å². The van der Waals surface area contributed by atoms with Crippen LogP contribution >= 0.6 is 46.4 Å². The van der Waals surface area contributed by atoms with Crippen molar-refractivity contribution >= 4 is 126 Å². The number of aromatic nitrogens is 10. The Hall–Kier alpha value is -10.3. The fraction of sp³-hybridized carbons (Fsp3) is 0.393. The molecule has 0 aliphatic carbocycles. The van der Waals surface area contributed by atoms with Gasteiger partial charge in [-0.15, -0.1) is 10.2 Å². The van der Waals surface area contributed by atoms with Crippen LogP contribution in [-0.4, -0.2) is 204 Å². The van der Waals surface area contributed by atoms with Crippen molar-refractivity contribution in [1.82, 2.24) is 73.5 Å². The van der Waals surface area contributed by atoms with Crippen LogP contribution in [0.4, 0.5) is 21.2 Å². The lowest BCUT2D eigenvalue weighted by molar-refractivity contribution is -0.148. The lowest BCUT2D eigenvalue weighted by Crippen LogP contribution is -2.46. The van der Waals surface area contributed by atoms with Crippen molar-refractivity contribution in [2.24, 2.45) is 17.6 Å². The van der Waals surface area contributed by atoms with E-state index in [0.29, 0.717) is 67.9 Å². The molecule has 117 heavy (non-hydrogen) atoms. The average molecular weight is 1660 g/mol. The number of likely N-dealkylation sites (tertiary alicyclic amines) is 3. The minimum Gasteiger partial charge on any atom is -0.466 e. The van der Waals surface area contributed by atoms with Crippen LogP contribution in [0, 0.1) is 11.8 Å². The summed E-state index contributed by atoms with van der Waals surface area (Å²) < 4.78 is 18.7. The minimum absolute atomic E-state index is 0. The summed E-state index contributed by atoms with van der Waals surface area (Å²) in [6, 6.07) is 39.4. The Morgan fingerprint density at radius 1 is 0.444 bits per heavy atom. The molecule has 6 fully saturated rings. The maximum atomic E-state index is 13.0. The number of urea groups is 2. The monoisotopic (exact) mass is 1660 g/mol. The highest BCUT2D eigenvalue weighted by molar-refractivity contribution is 6.31. The first kappa shape index (κ1) is 83.2. The molecule has 0 spiro atoms. The number of esters is 1. The first-order valence-corrected chi connectivity index (χ1v) is 42.2. The van der Waals surface area contributed by atoms with Gasteiger partial charge in [0.25, 0.3) is 0 Å². The number of pyridine rings is 4. The van der Waals surface area contributed by atoms with Crippen molar-refractivity contribution < 1.29 is 28.7 Å². The Balaban J connectivity index is 0.000000128. The summed E-state index contributed by atoms with van der Waals surface area (Å²) in [5.74, 6) is 2.99. The van der Waals surface area contributed by atoms with Gasteiger partial charge in [0, 0.05) is 188 Å². The van der Waals surface area contributed by atoms with E-state index in [1.807, 2.05) is 172 Å². The molecule has 0 unspecified atom stereocenters. The predicted octanol–water partition coefficient (Wildman–Crippen LogP) is 17.0. The van der Waals surface area contributed by atoms with Crippen LogP contribution in [-0.2, 0) is 19.1 Å². The van der Waals surface area contributed by atoms with Crippen LogP contribution in [0.15, 0.2) is 183 Å². The predicted molar refractivity (Wildman–Crippen MR) is 466 cm³/mol. The molecule has 18 rings (SSSR count). The molecule has 0 atom stereocenters.